The maximum absolute atomic E-state index is 12.1. The molecule has 0 aromatic heterocycles. The number of carbonyl (C=O) groups is 2. The fraction of sp³-hybridized carbons (Fsp3) is 0.714. The van der Waals surface area contributed by atoms with Gasteiger partial charge >= 0.3 is 6.09 Å². The van der Waals surface area contributed by atoms with Crippen molar-refractivity contribution in [3.05, 3.63) is 30.3 Å². The predicted octanol–water partition coefficient (Wildman–Crippen LogP) is 7.49. The first kappa shape index (κ1) is 29.0. The molecular weight excluding hydrogens is 412 g/mol. The van der Waals surface area contributed by atoms with Crippen molar-refractivity contribution < 1.29 is 14.3 Å². The summed E-state index contributed by atoms with van der Waals surface area (Å²) in [6, 6.07) is 8.83. The summed E-state index contributed by atoms with van der Waals surface area (Å²) in [5, 5.41) is 2.52. The topological polar surface area (TPSA) is 58.6 Å². The van der Waals surface area contributed by atoms with Crippen molar-refractivity contribution in [2.75, 3.05) is 20.1 Å². The Morgan fingerprint density at radius 3 is 1.67 bits per heavy atom. The second-order valence-corrected chi connectivity index (χ2v) is 9.17. The number of nitrogens with one attached hydrogen (secondary N) is 1. The van der Waals surface area contributed by atoms with Crippen molar-refractivity contribution in [1.82, 2.24) is 10.2 Å². The molecule has 1 aromatic carbocycles. The average molecular weight is 461 g/mol. The molecule has 1 aromatic rings. The van der Waals surface area contributed by atoms with Crippen molar-refractivity contribution in [3.63, 3.8) is 0 Å². The standard InChI is InChI=1S/C28H48N2O3/c1-3-4-5-6-7-8-9-10-11-12-13-14-15-16-17-21-24-30(2)27(31)25-29-28(32)33-26-22-19-18-20-23-26/h18-20,22-23H,3-17,21,24-25H2,1-2H3,(H,29,32). The summed E-state index contributed by atoms with van der Waals surface area (Å²) in [6.45, 7) is 2.96. The van der Waals surface area contributed by atoms with Crippen molar-refractivity contribution in [2.45, 2.75) is 110 Å². The summed E-state index contributed by atoms with van der Waals surface area (Å²) in [5.41, 5.74) is 0. The molecule has 5 heteroatoms. The van der Waals surface area contributed by atoms with Gasteiger partial charge in [0.05, 0.1) is 0 Å². The van der Waals surface area contributed by atoms with Gasteiger partial charge in [-0.3, -0.25) is 4.79 Å². The zero-order valence-corrected chi connectivity index (χ0v) is 21.3. The van der Waals surface area contributed by atoms with Gasteiger partial charge in [0.15, 0.2) is 0 Å². The van der Waals surface area contributed by atoms with Crippen LogP contribution in [0.25, 0.3) is 0 Å². The highest BCUT2D eigenvalue weighted by molar-refractivity contribution is 5.82. The zero-order valence-electron chi connectivity index (χ0n) is 21.3. The molecule has 0 heterocycles. The summed E-state index contributed by atoms with van der Waals surface area (Å²) >= 11 is 0. The van der Waals surface area contributed by atoms with Crippen LogP contribution in [0.5, 0.6) is 5.75 Å². The first-order valence-corrected chi connectivity index (χ1v) is 13.4. The van der Waals surface area contributed by atoms with E-state index in [0.717, 1.165) is 19.4 Å². The molecule has 188 valence electrons. The Morgan fingerprint density at radius 2 is 1.18 bits per heavy atom. The molecular formula is C28H48N2O3. The van der Waals surface area contributed by atoms with Gasteiger partial charge in [-0.1, -0.05) is 121 Å². The van der Waals surface area contributed by atoms with Crippen LogP contribution < -0.4 is 10.1 Å². The van der Waals surface area contributed by atoms with Gasteiger partial charge in [-0.15, -0.1) is 0 Å². The van der Waals surface area contributed by atoms with E-state index in [-0.39, 0.29) is 12.5 Å². The molecule has 5 nitrogen and oxygen atoms in total. The number of likely N-dealkylation sites (N-methyl/N-ethyl adjacent to an activating group) is 1. The molecule has 0 fully saturated rings. The predicted molar refractivity (Wildman–Crippen MR) is 138 cm³/mol. The highest BCUT2D eigenvalue weighted by Gasteiger charge is 2.11. The van der Waals surface area contributed by atoms with Crippen LogP contribution in [0.4, 0.5) is 4.79 Å². The molecule has 0 saturated carbocycles. The number of ether oxygens (including phenoxy) is 1. The summed E-state index contributed by atoms with van der Waals surface area (Å²) < 4.78 is 5.12. The Balaban J connectivity index is 1.87. The van der Waals surface area contributed by atoms with Crippen LogP contribution in [0.1, 0.15) is 110 Å². The van der Waals surface area contributed by atoms with Crippen molar-refractivity contribution in [1.29, 1.82) is 0 Å². The van der Waals surface area contributed by atoms with Gasteiger partial charge in [-0.05, 0) is 18.6 Å². The van der Waals surface area contributed by atoms with Crippen molar-refractivity contribution in [3.8, 4) is 5.75 Å². The van der Waals surface area contributed by atoms with Crippen LogP contribution in [0.15, 0.2) is 30.3 Å². The number of carbonyl (C=O) groups excluding carboxylic acids is 2. The van der Waals surface area contributed by atoms with Gasteiger partial charge in [0.2, 0.25) is 5.91 Å². The number of unbranched alkanes of at least 4 members (excludes halogenated alkanes) is 15. The molecule has 0 aliphatic carbocycles. The highest BCUT2D eigenvalue weighted by atomic mass is 16.6. The third-order valence-corrected chi connectivity index (χ3v) is 6.11. The van der Waals surface area contributed by atoms with Gasteiger partial charge in [-0.2, -0.15) is 0 Å². The van der Waals surface area contributed by atoms with E-state index < -0.39 is 6.09 Å². The maximum atomic E-state index is 12.1. The van der Waals surface area contributed by atoms with Crippen LogP contribution in [0.2, 0.25) is 0 Å². The van der Waals surface area contributed by atoms with Gasteiger partial charge in [0.25, 0.3) is 0 Å². The van der Waals surface area contributed by atoms with Gasteiger partial charge in [0, 0.05) is 13.6 Å². The Morgan fingerprint density at radius 1 is 0.727 bits per heavy atom. The maximum Gasteiger partial charge on any atom is 0.413 e. The molecule has 1 N–H and O–H groups in total. The number of rotatable bonds is 20. The van der Waals surface area contributed by atoms with Crippen LogP contribution in [0, 0.1) is 0 Å². The third-order valence-electron chi connectivity index (χ3n) is 6.11. The SMILES string of the molecule is CCCCCCCCCCCCCCCCCCN(C)C(=O)CNC(=O)Oc1ccccc1. The molecule has 0 bridgehead atoms. The largest absolute Gasteiger partial charge is 0.413 e. The summed E-state index contributed by atoms with van der Waals surface area (Å²) in [5.74, 6) is 0.366. The Hall–Kier alpha value is -2.04. The minimum Gasteiger partial charge on any atom is -0.410 e. The summed E-state index contributed by atoms with van der Waals surface area (Å²) in [4.78, 5) is 25.6. The lowest BCUT2D eigenvalue weighted by atomic mass is 10.0. The van der Waals surface area contributed by atoms with Crippen LogP contribution >= 0.6 is 0 Å². The molecule has 33 heavy (non-hydrogen) atoms. The Bertz CT molecular complexity index is 606. The number of hydrogen-bond donors (Lipinski definition) is 1. The number of benzene rings is 1. The molecule has 0 saturated heterocycles. The molecule has 0 atom stereocenters. The van der Waals surface area contributed by atoms with E-state index >= 15 is 0 Å². The number of hydrogen-bond acceptors (Lipinski definition) is 3. The fourth-order valence-corrected chi connectivity index (χ4v) is 3.94. The number of para-hydroxylation sites is 1. The van der Waals surface area contributed by atoms with Crippen LogP contribution in [-0.2, 0) is 4.79 Å². The van der Waals surface area contributed by atoms with E-state index in [2.05, 4.69) is 12.2 Å². The van der Waals surface area contributed by atoms with Gasteiger partial charge < -0.3 is 15.0 Å². The molecule has 0 unspecified atom stereocenters. The molecule has 0 aliphatic heterocycles. The van der Waals surface area contributed by atoms with E-state index in [1.807, 2.05) is 6.07 Å². The van der Waals surface area contributed by atoms with Crippen molar-refractivity contribution >= 4 is 12.0 Å². The van der Waals surface area contributed by atoms with E-state index in [0.29, 0.717) is 5.75 Å². The van der Waals surface area contributed by atoms with E-state index in [9.17, 15) is 9.59 Å². The van der Waals surface area contributed by atoms with Gasteiger partial charge in [-0.25, -0.2) is 4.79 Å². The summed E-state index contributed by atoms with van der Waals surface area (Å²) in [6.07, 6.45) is 20.8. The highest BCUT2D eigenvalue weighted by Crippen LogP contribution is 2.14. The average Bonchev–Trinajstić information content (AvgIpc) is 2.82. The van der Waals surface area contributed by atoms with Crippen LogP contribution in [0.3, 0.4) is 0 Å². The van der Waals surface area contributed by atoms with Gasteiger partial charge in [0.1, 0.15) is 12.3 Å². The number of amides is 2. The third kappa shape index (κ3) is 17.1. The monoisotopic (exact) mass is 460 g/mol. The minimum absolute atomic E-state index is 0.0407. The molecule has 0 radical (unpaired) electrons. The molecule has 0 spiro atoms. The van der Waals surface area contributed by atoms with Crippen molar-refractivity contribution in [2.24, 2.45) is 0 Å². The first-order chi connectivity index (χ1) is 16.1. The second kappa shape index (κ2) is 20.6. The van der Waals surface area contributed by atoms with Crippen LogP contribution in [-0.4, -0.2) is 37.0 Å². The first-order valence-electron chi connectivity index (χ1n) is 13.4. The zero-order chi connectivity index (χ0) is 24.0. The lowest BCUT2D eigenvalue weighted by molar-refractivity contribution is -0.128. The summed E-state index contributed by atoms with van der Waals surface area (Å²) in [7, 11) is 1.79. The molecule has 1 rings (SSSR count). The fourth-order valence-electron chi connectivity index (χ4n) is 3.94. The Labute approximate surface area is 202 Å². The second-order valence-electron chi connectivity index (χ2n) is 9.17. The molecule has 0 aliphatic rings. The Kier molecular flexibility index (Phi) is 18.1. The van der Waals surface area contributed by atoms with E-state index in [1.165, 1.54) is 89.9 Å². The normalized spacial score (nSPS) is 10.7. The number of nitrogens with zero attached hydrogens (tertiary/aromatic N) is 1. The minimum atomic E-state index is -0.606. The van der Waals surface area contributed by atoms with E-state index in [1.54, 1.807) is 36.2 Å². The van der Waals surface area contributed by atoms with E-state index in [4.69, 9.17) is 4.74 Å². The quantitative estimate of drug-likeness (QED) is 0.205. The smallest absolute Gasteiger partial charge is 0.410 e. The molecule has 2 amide bonds. The lowest BCUT2D eigenvalue weighted by Gasteiger charge is -2.17. The lowest BCUT2D eigenvalue weighted by Crippen LogP contribution is -2.39.